The number of nitrogens with zero attached hydrogens (tertiary/aromatic N) is 2. The highest BCUT2D eigenvalue weighted by atomic mass is 14.9. The Morgan fingerprint density at radius 1 is 1.62 bits per heavy atom. The molecule has 82 valence electrons. The van der Waals surface area contributed by atoms with Gasteiger partial charge in [-0.25, -0.2) is 0 Å². The summed E-state index contributed by atoms with van der Waals surface area (Å²) in [5, 5.41) is 12.6. The maximum absolute atomic E-state index is 9.26. The number of hydrogen-bond acceptors (Lipinski definition) is 3. The third-order valence-electron chi connectivity index (χ3n) is 2.89. The molecule has 3 heteroatoms. The van der Waals surface area contributed by atoms with Crippen molar-refractivity contribution >= 4 is 5.57 Å². The number of pyridine rings is 1. The van der Waals surface area contributed by atoms with E-state index in [1.165, 1.54) is 5.57 Å². The van der Waals surface area contributed by atoms with E-state index in [0.717, 1.165) is 30.5 Å². The maximum atomic E-state index is 9.26. The normalized spacial score (nSPS) is 23.6. The maximum Gasteiger partial charge on any atom is 0.0998 e. The average Bonchev–Trinajstić information content (AvgIpc) is 2.31. The molecule has 1 aromatic rings. The molecular formula is C13H15N3. The second-order valence-corrected chi connectivity index (χ2v) is 4.14. The molecule has 1 fully saturated rings. The van der Waals surface area contributed by atoms with Crippen molar-refractivity contribution in [2.75, 3.05) is 6.54 Å². The Hall–Kier alpha value is -1.66. The highest BCUT2D eigenvalue weighted by molar-refractivity contribution is 5.79. The van der Waals surface area contributed by atoms with E-state index in [-0.39, 0.29) is 0 Å². The second-order valence-electron chi connectivity index (χ2n) is 4.14. The van der Waals surface area contributed by atoms with Crippen molar-refractivity contribution in [1.82, 2.24) is 10.3 Å². The molecule has 0 bridgehead atoms. The van der Waals surface area contributed by atoms with Gasteiger partial charge < -0.3 is 5.32 Å². The third kappa shape index (κ3) is 2.29. The molecule has 0 aromatic carbocycles. The van der Waals surface area contributed by atoms with Crippen LogP contribution >= 0.6 is 0 Å². The number of allylic oxidation sites excluding steroid dienone is 1. The molecule has 0 radical (unpaired) electrons. The summed E-state index contributed by atoms with van der Waals surface area (Å²) in [5.74, 6) is 0. The Morgan fingerprint density at radius 3 is 3.12 bits per heavy atom. The Labute approximate surface area is 95.8 Å². The molecule has 1 N–H and O–H groups in total. The number of aromatic nitrogens is 1. The van der Waals surface area contributed by atoms with Crippen LogP contribution in [0.2, 0.25) is 0 Å². The Kier molecular flexibility index (Phi) is 3.33. The SMILES string of the molecule is CC1C/C(=C(/C#N)c2cccnc2)CCN1. The first-order chi connectivity index (χ1) is 7.81. The first-order valence-corrected chi connectivity index (χ1v) is 5.57. The summed E-state index contributed by atoms with van der Waals surface area (Å²) < 4.78 is 0. The lowest BCUT2D eigenvalue weighted by Gasteiger charge is -2.23. The van der Waals surface area contributed by atoms with Gasteiger partial charge >= 0.3 is 0 Å². The molecule has 1 atom stereocenters. The zero-order chi connectivity index (χ0) is 11.4. The summed E-state index contributed by atoms with van der Waals surface area (Å²) in [5.41, 5.74) is 3.00. The van der Waals surface area contributed by atoms with Gasteiger partial charge in [0.05, 0.1) is 11.6 Å². The van der Waals surface area contributed by atoms with Crippen molar-refractivity contribution in [1.29, 1.82) is 5.26 Å². The molecule has 2 rings (SSSR count). The number of rotatable bonds is 1. The topological polar surface area (TPSA) is 48.7 Å². The Bertz CT molecular complexity index is 428. The predicted octanol–water partition coefficient (Wildman–Crippen LogP) is 2.13. The van der Waals surface area contributed by atoms with Crippen LogP contribution in [0.25, 0.3) is 5.57 Å². The zero-order valence-corrected chi connectivity index (χ0v) is 9.40. The lowest BCUT2D eigenvalue weighted by Crippen LogP contribution is -2.32. The first-order valence-electron chi connectivity index (χ1n) is 5.57. The molecule has 0 amide bonds. The van der Waals surface area contributed by atoms with Crippen molar-refractivity contribution in [2.24, 2.45) is 0 Å². The molecule has 1 unspecified atom stereocenters. The van der Waals surface area contributed by atoms with Crippen LogP contribution in [0.1, 0.15) is 25.3 Å². The van der Waals surface area contributed by atoms with E-state index in [0.29, 0.717) is 6.04 Å². The van der Waals surface area contributed by atoms with Crippen LogP contribution < -0.4 is 5.32 Å². The van der Waals surface area contributed by atoms with Gasteiger partial charge in [0.25, 0.3) is 0 Å². The van der Waals surface area contributed by atoms with E-state index in [4.69, 9.17) is 0 Å². The van der Waals surface area contributed by atoms with Crippen LogP contribution in [-0.2, 0) is 0 Å². The van der Waals surface area contributed by atoms with Crippen LogP contribution in [0.3, 0.4) is 0 Å². The number of hydrogen-bond donors (Lipinski definition) is 1. The van der Waals surface area contributed by atoms with Gasteiger partial charge in [0.15, 0.2) is 0 Å². The fourth-order valence-corrected chi connectivity index (χ4v) is 2.10. The van der Waals surface area contributed by atoms with E-state index < -0.39 is 0 Å². The molecular weight excluding hydrogens is 198 g/mol. The summed E-state index contributed by atoms with van der Waals surface area (Å²) in [6, 6.07) is 6.60. The minimum absolute atomic E-state index is 0.462. The predicted molar refractivity (Wildman–Crippen MR) is 63.5 cm³/mol. The average molecular weight is 213 g/mol. The minimum Gasteiger partial charge on any atom is -0.314 e. The van der Waals surface area contributed by atoms with Crippen LogP contribution in [0.15, 0.2) is 30.1 Å². The highest BCUT2D eigenvalue weighted by Gasteiger charge is 2.16. The van der Waals surface area contributed by atoms with Gasteiger partial charge in [-0.3, -0.25) is 4.98 Å². The van der Waals surface area contributed by atoms with Crippen LogP contribution in [0.5, 0.6) is 0 Å². The molecule has 3 nitrogen and oxygen atoms in total. The van der Waals surface area contributed by atoms with Gasteiger partial charge in [0.1, 0.15) is 0 Å². The fourth-order valence-electron chi connectivity index (χ4n) is 2.10. The molecule has 1 aromatic heterocycles. The van der Waals surface area contributed by atoms with Crippen LogP contribution in [-0.4, -0.2) is 17.6 Å². The van der Waals surface area contributed by atoms with Gasteiger partial charge in [-0.05, 0) is 37.9 Å². The summed E-state index contributed by atoms with van der Waals surface area (Å²) in [4.78, 5) is 4.07. The van der Waals surface area contributed by atoms with Crippen molar-refractivity contribution in [3.63, 3.8) is 0 Å². The molecule has 2 heterocycles. The van der Waals surface area contributed by atoms with Crippen molar-refractivity contribution in [3.05, 3.63) is 35.7 Å². The summed E-state index contributed by atoms with van der Waals surface area (Å²) in [6.45, 7) is 3.11. The summed E-state index contributed by atoms with van der Waals surface area (Å²) >= 11 is 0. The van der Waals surface area contributed by atoms with Crippen LogP contribution in [0, 0.1) is 11.3 Å². The highest BCUT2D eigenvalue weighted by Crippen LogP contribution is 2.25. The molecule has 1 aliphatic rings. The molecule has 0 spiro atoms. The van der Waals surface area contributed by atoms with Gasteiger partial charge in [0.2, 0.25) is 0 Å². The third-order valence-corrected chi connectivity index (χ3v) is 2.89. The molecule has 16 heavy (non-hydrogen) atoms. The Morgan fingerprint density at radius 2 is 2.50 bits per heavy atom. The van der Waals surface area contributed by atoms with Gasteiger partial charge in [0, 0.05) is 24.0 Å². The van der Waals surface area contributed by atoms with Gasteiger partial charge in [-0.2, -0.15) is 5.26 Å². The quantitative estimate of drug-likeness (QED) is 0.727. The van der Waals surface area contributed by atoms with Crippen LogP contribution in [0.4, 0.5) is 0 Å². The number of nitriles is 1. The van der Waals surface area contributed by atoms with E-state index in [2.05, 4.69) is 23.3 Å². The fraction of sp³-hybridized carbons (Fsp3) is 0.385. The lowest BCUT2D eigenvalue weighted by atomic mass is 9.92. The summed E-state index contributed by atoms with van der Waals surface area (Å²) in [6.07, 6.45) is 5.41. The van der Waals surface area contributed by atoms with E-state index in [9.17, 15) is 5.26 Å². The van der Waals surface area contributed by atoms with Gasteiger partial charge in [-0.1, -0.05) is 6.07 Å². The largest absolute Gasteiger partial charge is 0.314 e. The summed E-state index contributed by atoms with van der Waals surface area (Å²) in [7, 11) is 0. The van der Waals surface area contributed by atoms with E-state index in [1.54, 1.807) is 12.4 Å². The second kappa shape index (κ2) is 4.91. The smallest absolute Gasteiger partial charge is 0.0998 e. The molecule has 1 aliphatic heterocycles. The molecule has 0 saturated carbocycles. The van der Waals surface area contributed by atoms with Crippen molar-refractivity contribution in [3.8, 4) is 6.07 Å². The number of nitrogens with one attached hydrogen (secondary N) is 1. The zero-order valence-electron chi connectivity index (χ0n) is 9.40. The Balaban J connectivity index is 2.35. The molecule has 1 saturated heterocycles. The first kappa shape index (κ1) is 10.8. The monoisotopic (exact) mass is 213 g/mol. The van der Waals surface area contributed by atoms with E-state index in [1.807, 2.05) is 12.1 Å². The van der Waals surface area contributed by atoms with Gasteiger partial charge in [-0.15, -0.1) is 0 Å². The van der Waals surface area contributed by atoms with E-state index >= 15 is 0 Å². The van der Waals surface area contributed by atoms with Crippen molar-refractivity contribution < 1.29 is 0 Å². The van der Waals surface area contributed by atoms with Crippen molar-refractivity contribution in [2.45, 2.75) is 25.8 Å². The standard InChI is InChI=1S/C13H15N3/c1-10-7-11(4-6-16-10)13(8-14)12-3-2-5-15-9-12/h2-3,5,9-10,16H,4,6-7H2,1H3/b13-11-. The number of piperidine rings is 1. The minimum atomic E-state index is 0.462. The molecule has 0 aliphatic carbocycles. The lowest BCUT2D eigenvalue weighted by molar-refractivity contribution is 0.495.